The minimum Gasteiger partial charge on any atom is -0.492 e. The van der Waals surface area contributed by atoms with Crippen molar-refractivity contribution in [1.82, 2.24) is 10.3 Å². The third kappa shape index (κ3) is 4.30. The molecular formula is C15H24N2O. The maximum atomic E-state index is 5.62. The van der Waals surface area contributed by atoms with Crippen molar-refractivity contribution in [2.75, 3.05) is 13.2 Å². The quantitative estimate of drug-likeness (QED) is 0.767. The van der Waals surface area contributed by atoms with Crippen LogP contribution in [0.1, 0.15) is 51.0 Å². The highest BCUT2D eigenvalue weighted by atomic mass is 16.5. The minimum absolute atomic E-state index is 0.536. The summed E-state index contributed by atoms with van der Waals surface area (Å²) in [6.45, 7) is 6.24. The summed E-state index contributed by atoms with van der Waals surface area (Å²) in [6.07, 6.45) is 8.67. The van der Waals surface area contributed by atoms with Gasteiger partial charge in [-0.15, -0.1) is 0 Å². The Morgan fingerprint density at radius 1 is 1.44 bits per heavy atom. The van der Waals surface area contributed by atoms with Gasteiger partial charge in [0.2, 0.25) is 0 Å². The van der Waals surface area contributed by atoms with E-state index >= 15 is 0 Å². The Kier molecular flexibility index (Phi) is 5.00. The number of aromatic nitrogens is 1. The molecule has 1 aromatic heterocycles. The van der Waals surface area contributed by atoms with Gasteiger partial charge in [0, 0.05) is 12.2 Å². The number of nitrogens with one attached hydrogen (secondary N) is 1. The van der Waals surface area contributed by atoms with Gasteiger partial charge in [-0.25, -0.2) is 0 Å². The highest BCUT2D eigenvalue weighted by molar-refractivity contribution is 5.26. The Morgan fingerprint density at radius 3 is 3.00 bits per heavy atom. The molecule has 0 aromatic carbocycles. The number of hydrogen-bond donors (Lipinski definition) is 1. The Bertz CT molecular complexity index is 363. The van der Waals surface area contributed by atoms with Crippen molar-refractivity contribution in [2.45, 2.75) is 51.5 Å². The van der Waals surface area contributed by atoms with Gasteiger partial charge >= 0.3 is 0 Å². The zero-order valence-corrected chi connectivity index (χ0v) is 11.5. The fourth-order valence-electron chi connectivity index (χ4n) is 1.96. The van der Waals surface area contributed by atoms with Crippen molar-refractivity contribution in [1.29, 1.82) is 0 Å². The van der Waals surface area contributed by atoms with E-state index in [2.05, 4.69) is 30.2 Å². The zero-order chi connectivity index (χ0) is 12.8. The van der Waals surface area contributed by atoms with Crippen LogP contribution in [0, 0.1) is 0 Å². The molecule has 1 N–H and O–H groups in total. The largest absolute Gasteiger partial charge is 0.492 e. The molecule has 1 unspecified atom stereocenters. The SMILES string of the molecule is CCCOc1cncc(C(C)CCNC2CC2)c1. The van der Waals surface area contributed by atoms with Crippen molar-refractivity contribution >= 4 is 0 Å². The fraction of sp³-hybridized carbons (Fsp3) is 0.667. The molecule has 3 nitrogen and oxygen atoms in total. The highest BCUT2D eigenvalue weighted by Gasteiger charge is 2.20. The Labute approximate surface area is 110 Å². The van der Waals surface area contributed by atoms with Crippen molar-refractivity contribution in [2.24, 2.45) is 0 Å². The van der Waals surface area contributed by atoms with E-state index in [0.29, 0.717) is 5.92 Å². The topological polar surface area (TPSA) is 34.1 Å². The van der Waals surface area contributed by atoms with Gasteiger partial charge < -0.3 is 10.1 Å². The molecule has 1 aliphatic rings. The fourth-order valence-corrected chi connectivity index (χ4v) is 1.96. The lowest BCUT2D eigenvalue weighted by Crippen LogP contribution is -2.19. The van der Waals surface area contributed by atoms with Gasteiger partial charge in [-0.2, -0.15) is 0 Å². The second-order valence-corrected chi connectivity index (χ2v) is 5.22. The minimum atomic E-state index is 0.536. The second kappa shape index (κ2) is 6.74. The first-order valence-electron chi connectivity index (χ1n) is 7.10. The van der Waals surface area contributed by atoms with Crippen molar-refractivity contribution in [3.8, 4) is 5.75 Å². The van der Waals surface area contributed by atoms with Crippen molar-refractivity contribution < 1.29 is 4.74 Å². The molecule has 1 atom stereocenters. The molecule has 0 amide bonds. The summed E-state index contributed by atoms with van der Waals surface area (Å²) in [4.78, 5) is 4.27. The van der Waals surface area contributed by atoms with E-state index in [4.69, 9.17) is 4.74 Å². The van der Waals surface area contributed by atoms with Crippen LogP contribution in [-0.4, -0.2) is 24.2 Å². The number of rotatable bonds is 8. The van der Waals surface area contributed by atoms with E-state index in [1.807, 2.05) is 6.20 Å². The van der Waals surface area contributed by atoms with Crippen molar-refractivity contribution in [3.05, 3.63) is 24.0 Å². The Hall–Kier alpha value is -1.09. The van der Waals surface area contributed by atoms with Crippen LogP contribution in [0.4, 0.5) is 0 Å². The van der Waals surface area contributed by atoms with Gasteiger partial charge in [-0.05, 0) is 49.8 Å². The molecule has 1 aromatic rings. The third-order valence-electron chi connectivity index (χ3n) is 3.36. The lowest BCUT2D eigenvalue weighted by molar-refractivity contribution is 0.315. The van der Waals surface area contributed by atoms with E-state index in [0.717, 1.165) is 37.8 Å². The maximum absolute atomic E-state index is 5.62. The molecule has 1 heterocycles. The first-order chi connectivity index (χ1) is 8.79. The monoisotopic (exact) mass is 248 g/mol. The van der Waals surface area contributed by atoms with Crippen molar-refractivity contribution in [3.63, 3.8) is 0 Å². The number of pyridine rings is 1. The van der Waals surface area contributed by atoms with Gasteiger partial charge in [0.25, 0.3) is 0 Å². The molecule has 1 fully saturated rings. The average molecular weight is 248 g/mol. The normalized spacial score (nSPS) is 16.6. The van der Waals surface area contributed by atoms with E-state index in [-0.39, 0.29) is 0 Å². The molecule has 2 rings (SSSR count). The molecule has 0 radical (unpaired) electrons. The summed E-state index contributed by atoms with van der Waals surface area (Å²) in [7, 11) is 0. The molecule has 3 heteroatoms. The average Bonchev–Trinajstić information content (AvgIpc) is 3.20. The summed E-state index contributed by atoms with van der Waals surface area (Å²) < 4.78 is 5.62. The van der Waals surface area contributed by atoms with Gasteiger partial charge in [-0.1, -0.05) is 13.8 Å². The van der Waals surface area contributed by atoms with Crippen LogP contribution in [0.5, 0.6) is 5.75 Å². The second-order valence-electron chi connectivity index (χ2n) is 5.22. The molecule has 100 valence electrons. The summed E-state index contributed by atoms with van der Waals surface area (Å²) in [6, 6.07) is 2.93. The van der Waals surface area contributed by atoms with Crippen LogP contribution in [0.15, 0.2) is 18.5 Å². The Morgan fingerprint density at radius 2 is 2.28 bits per heavy atom. The van der Waals surface area contributed by atoms with Gasteiger partial charge in [-0.3, -0.25) is 4.98 Å². The molecule has 0 saturated heterocycles. The molecule has 0 spiro atoms. The van der Waals surface area contributed by atoms with E-state index in [9.17, 15) is 0 Å². The molecule has 18 heavy (non-hydrogen) atoms. The highest BCUT2D eigenvalue weighted by Crippen LogP contribution is 2.23. The van der Waals surface area contributed by atoms with Crippen LogP contribution in [0.3, 0.4) is 0 Å². The van der Waals surface area contributed by atoms with Crippen LogP contribution in [0.2, 0.25) is 0 Å². The number of hydrogen-bond acceptors (Lipinski definition) is 3. The third-order valence-corrected chi connectivity index (χ3v) is 3.36. The molecule has 0 aliphatic heterocycles. The van der Waals surface area contributed by atoms with Gasteiger partial charge in [0.1, 0.15) is 5.75 Å². The predicted molar refractivity (Wildman–Crippen MR) is 74.1 cm³/mol. The predicted octanol–water partition coefficient (Wildman–Crippen LogP) is 3.12. The number of ether oxygens (including phenoxy) is 1. The standard InChI is InChI=1S/C15H24N2O/c1-3-8-18-15-9-13(10-16-11-15)12(2)6-7-17-14-4-5-14/h9-12,14,17H,3-8H2,1-2H3. The molecule has 1 aliphatic carbocycles. The molecule has 1 saturated carbocycles. The summed E-state index contributed by atoms with van der Waals surface area (Å²) in [5.74, 6) is 1.44. The number of nitrogens with zero attached hydrogens (tertiary/aromatic N) is 1. The van der Waals surface area contributed by atoms with Crippen LogP contribution in [-0.2, 0) is 0 Å². The smallest absolute Gasteiger partial charge is 0.137 e. The Balaban J connectivity index is 1.81. The van der Waals surface area contributed by atoms with Crippen LogP contribution >= 0.6 is 0 Å². The lowest BCUT2D eigenvalue weighted by Gasteiger charge is -2.13. The van der Waals surface area contributed by atoms with E-state index in [1.165, 1.54) is 18.4 Å². The van der Waals surface area contributed by atoms with Crippen LogP contribution in [0.25, 0.3) is 0 Å². The summed E-state index contributed by atoms with van der Waals surface area (Å²) in [5, 5.41) is 3.55. The first kappa shape index (κ1) is 13.3. The van der Waals surface area contributed by atoms with E-state index in [1.54, 1.807) is 6.20 Å². The molecule has 0 bridgehead atoms. The molecular weight excluding hydrogens is 224 g/mol. The van der Waals surface area contributed by atoms with Gasteiger partial charge in [0.05, 0.1) is 12.8 Å². The first-order valence-corrected chi connectivity index (χ1v) is 7.10. The summed E-state index contributed by atoms with van der Waals surface area (Å²) in [5.41, 5.74) is 1.28. The van der Waals surface area contributed by atoms with Gasteiger partial charge in [0.15, 0.2) is 0 Å². The lowest BCUT2D eigenvalue weighted by atomic mass is 9.99. The van der Waals surface area contributed by atoms with E-state index < -0.39 is 0 Å². The summed E-state index contributed by atoms with van der Waals surface area (Å²) >= 11 is 0. The maximum Gasteiger partial charge on any atom is 0.137 e. The zero-order valence-electron chi connectivity index (χ0n) is 11.5. The van der Waals surface area contributed by atoms with Crippen LogP contribution < -0.4 is 10.1 Å².